The van der Waals surface area contributed by atoms with Crippen molar-refractivity contribution in [2.75, 3.05) is 7.11 Å². The number of aromatic nitrogens is 2. The van der Waals surface area contributed by atoms with Crippen LogP contribution in [-0.2, 0) is 4.74 Å². The Balaban J connectivity index is 2.70. The second kappa shape index (κ2) is 6.25. The van der Waals surface area contributed by atoms with Gasteiger partial charge >= 0.3 is 11.9 Å². The lowest BCUT2D eigenvalue weighted by molar-refractivity contribution is 0.0553. The molecular formula is C11H18N2O3. The highest BCUT2D eigenvalue weighted by Gasteiger charge is 2.20. The molecule has 0 aliphatic carbocycles. The van der Waals surface area contributed by atoms with Crippen molar-refractivity contribution in [2.45, 2.75) is 45.4 Å². The second-order valence-electron chi connectivity index (χ2n) is 3.68. The van der Waals surface area contributed by atoms with Crippen molar-refractivity contribution >= 4 is 5.97 Å². The van der Waals surface area contributed by atoms with Crippen LogP contribution in [0.15, 0.2) is 4.42 Å². The lowest BCUT2D eigenvalue weighted by Gasteiger charge is -2.08. The largest absolute Gasteiger partial charge is 0.462 e. The Bertz CT molecular complexity index is 336. The van der Waals surface area contributed by atoms with E-state index in [0.717, 1.165) is 25.7 Å². The molecule has 1 aromatic heterocycles. The topological polar surface area (TPSA) is 65.2 Å². The van der Waals surface area contributed by atoms with Crippen LogP contribution in [0.1, 0.15) is 62.0 Å². The fourth-order valence-corrected chi connectivity index (χ4v) is 1.52. The first-order valence-corrected chi connectivity index (χ1v) is 5.64. The Morgan fingerprint density at radius 2 is 2.19 bits per heavy atom. The summed E-state index contributed by atoms with van der Waals surface area (Å²) in [7, 11) is 1.29. The summed E-state index contributed by atoms with van der Waals surface area (Å²) in [5, 5.41) is 7.56. The molecule has 0 aromatic carbocycles. The summed E-state index contributed by atoms with van der Waals surface area (Å²) in [4.78, 5) is 11.1. The maximum atomic E-state index is 11.1. The van der Waals surface area contributed by atoms with E-state index in [4.69, 9.17) is 4.42 Å². The highest BCUT2D eigenvalue weighted by Crippen LogP contribution is 2.24. The molecule has 0 spiro atoms. The van der Waals surface area contributed by atoms with Crippen LogP contribution in [0.4, 0.5) is 0 Å². The molecule has 1 atom stereocenters. The zero-order chi connectivity index (χ0) is 12.0. The van der Waals surface area contributed by atoms with Gasteiger partial charge in [0.25, 0.3) is 0 Å². The quantitative estimate of drug-likeness (QED) is 0.697. The number of unbranched alkanes of at least 4 members (excludes halogenated alkanes) is 1. The maximum absolute atomic E-state index is 11.1. The Kier molecular flexibility index (Phi) is 4.95. The van der Waals surface area contributed by atoms with Gasteiger partial charge in [-0.15, -0.1) is 10.2 Å². The van der Waals surface area contributed by atoms with Crippen LogP contribution in [0.5, 0.6) is 0 Å². The van der Waals surface area contributed by atoms with E-state index < -0.39 is 5.97 Å². The zero-order valence-electron chi connectivity index (χ0n) is 10.0. The number of rotatable bonds is 6. The first kappa shape index (κ1) is 12.7. The summed E-state index contributed by atoms with van der Waals surface area (Å²) in [5.41, 5.74) is 0. The average molecular weight is 226 g/mol. The first-order valence-electron chi connectivity index (χ1n) is 5.64. The Labute approximate surface area is 95.2 Å². The maximum Gasteiger partial charge on any atom is 0.396 e. The van der Waals surface area contributed by atoms with Gasteiger partial charge in [-0.2, -0.15) is 0 Å². The van der Waals surface area contributed by atoms with Gasteiger partial charge in [-0.05, 0) is 12.8 Å². The normalized spacial score (nSPS) is 12.4. The van der Waals surface area contributed by atoms with Crippen LogP contribution in [0.25, 0.3) is 0 Å². The highest BCUT2D eigenvalue weighted by atomic mass is 16.5. The fraction of sp³-hybridized carbons (Fsp3) is 0.727. The summed E-state index contributed by atoms with van der Waals surface area (Å²) in [5.74, 6) is 0.138. The van der Waals surface area contributed by atoms with Crippen LogP contribution in [0.3, 0.4) is 0 Å². The number of methoxy groups -OCH3 is 1. The van der Waals surface area contributed by atoms with Gasteiger partial charge in [0.1, 0.15) is 0 Å². The average Bonchev–Trinajstić information content (AvgIpc) is 2.78. The molecule has 5 nitrogen and oxygen atoms in total. The molecule has 1 heterocycles. The van der Waals surface area contributed by atoms with Crippen LogP contribution in [0, 0.1) is 0 Å². The van der Waals surface area contributed by atoms with Gasteiger partial charge < -0.3 is 9.15 Å². The van der Waals surface area contributed by atoms with Crippen molar-refractivity contribution in [1.82, 2.24) is 10.2 Å². The van der Waals surface area contributed by atoms with Crippen LogP contribution < -0.4 is 0 Å². The van der Waals surface area contributed by atoms with Crippen molar-refractivity contribution in [3.63, 3.8) is 0 Å². The Hall–Kier alpha value is -1.39. The van der Waals surface area contributed by atoms with Gasteiger partial charge in [0.15, 0.2) is 0 Å². The molecular weight excluding hydrogens is 208 g/mol. The molecule has 0 saturated heterocycles. The summed E-state index contributed by atoms with van der Waals surface area (Å²) in [6.07, 6.45) is 4.20. The molecule has 0 amide bonds. The molecule has 16 heavy (non-hydrogen) atoms. The lowest BCUT2D eigenvalue weighted by Crippen LogP contribution is -2.01. The summed E-state index contributed by atoms with van der Waals surface area (Å²) >= 11 is 0. The van der Waals surface area contributed by atoms with Crippen molar-refractivity contribution in [3.8, 4) is 0 Å². The number of nitrogens with zero attached hydrogens (tertiary/aromatic N) is 2. The minimum Gasteiger partial charge on any atom is -0.462 e. The highest BCUT2D eigenvalue weighted by molar-refractivity contribution is 5.83. The summed E-state index contributed by atoms with van der Waals surface area (Å²) in [6.45, 7) is 4.21. The fourth-order valence-electron chi connectivity index (χ4n) is 1.52. The van der Waals surface area contributed by atoms with E-state index in [9.17, 15) is 4.79 Å². The van der Waals surface area contributed by atoms with Crippen LogP contribution in [0.2, 0.25) is 0 Å². The number of carbonyl (C=O) groups excluding carboxylic acids is 1. The van der Waals surface area contributed by atoms with Gasteiger partial charge in [-0.25, -0.2) is 4.79 Å². The van der Waals surface area contributed by atoms with Gasteiger partial charge in [-0.3, -0.25) is 0 Å². The third-order valence-corrected chi connectivity index (χ3v) is 2.55. The minimum absolute atomic E-state index is 0.0625. The molecule has 0 fully saturated rings. The molecule has 5 heteroatoms. The van der Waals surface area contributed by atoms with Gasteiger partial charge in [0.2, 0.25) is 5.89 Å². The predicted molar refractivity (Wildman–Crippen MR) is 58.2 cm³/mol. The molecule has 0 aliphatic heterocycles. The number of hydrogen-bond donors (Lipinski definition) is 0. The summed E-state index contributed by atoms with van der Waals surface area (Å²) < 4.78 is 9.80. The molecule has 0 saturated carbocycles. The molecule has 0 N–H and O–H groups in total. The molecule has 0 bridgehead atoms. The van der Waals surface area contributed by atoms with E-state index in [1.165, 1.54) is 7.11 Å². The smallest absolute Gasteiger partial charge is 0.396 e. The van der Waals surface area contributed by atoms with Crippen molar-refractivity contribution in [2.24, 2.45) is 0 Å². The third kappa shape index (κ3) is 3.05. The van der Waals surface area contributed by atoms with E-state index in [1.54, 1.807) is 0 Å². The standard InChI is InChI=1S/C11H18N2O3/c1-4-6-7-8(5-2)9-12-13-10(16-9)11(14)15-3/h8H,4-7H2,1-3H3. The minimum atomic E-state index is -0.580. The van der Waals surface area contributed by atoms with Crippen molar-refractivity contribution < 1.29 is 13.9 Å². The number of hydrogen-bond acceptors (Lipinski definition) is 5. The van der Waals surface area contributed by atoms with Gasteiger partial charge in [0, 0.05) is 5.92 Å². The van der Waals surface area contributed by atoms with Crippen LogP contribution >= 0.6 is 0 Å². The number of carbonyl (C=O) groups is 1. The number of esters is 1. The van der Waals surface area contributed by atoms with Gasteiger partial charge in [0.05, 0.1) is 7.11 Å². The first-order chi connectivity index (χ1) is 7.72. The van der Waals surface area contributed by atoms with E-state index in [-0.39, 0.29) is 11.8 Å². The molecule has 90 valence electrons. The Morgan fingerprint density at radius 1 is 1.44 bits per heavy atom. The Morgan fingerprint density at radius 3 is 2.75 bits per heavy atom. The van der Waals surface area contributed by atoms with E-state index in [2.05, 4.69) is 28.8 Å². The second-order valence-corrected chi connectivity index (χ2v) is 3.68. The molecule has 0 radical (unpaired) electrons. The van der Waals surface area contributed by atoms with Gasteiger partial charge in [-0.1, -0.05) is 26.7 Å². The lowest BCUT2D eigenvalue weighted by atomic mass is 10.00. The van der Waals surface area contributed by atoms with E-state index in [1.807, 2.05) is 0 Å². The third-order valence-electron chi connectivity index (χ3n) is 2.55. The molecule has 1 unspecified atom stereocenters. The van der Waals surface area contributed by atoms with E-state index in [0.29, 0.717) is 5.89 Å². The monoisotopic (exact) mass is 226 g/mol. The van der Waals surface area contributed by atoms with Crippen molar-refractivity contribution in [3.05, 3.63) is 11.8 Å². The molecule has 1 aromatic rings. The van der Waals surface area contributed by atoms with Crippen molar-refractivity contribution in [1.29, 1.82) is 0 Å². The SMILES string of the molecule is CCCCC(CC)c1nnc(C(=O)OC)o1. The summed E-state index contributed by atoms with van der Waals surface area (Å²) in [6, 6.07) is 0. The van der Waals surface area contributed by atoms with Crippen LogP contribution in [-0.4, -0.2) is 23.3 Å². The molecule has 1 rings (SSSR count). The van der Waals surface area contributed by atoms with E-state index >= 15 is 0 Å². The molecule has 0 aliphatic rings. The predicted octanol–water partition coefficient (Wildman–Crippen LogP) is 2.54. The zero-order valence-corrected chi connectivity index (χ0v) is 10.0. The number of ether oxygens (including phenoxy) is 1.